The lowest BCUT2D eigenvalue weighted by Crippen LogP contribution is -2.40. The summed E-state index contributed by atoms with van der Waals surface area (Å²) < 4.78 is 2.74. The zero-order valence-electron chi connectivity index (χ0n) is 12.1. The largest absolute Gasteiger partial charge is 0.351 e. The molecule has 0 saturated heterocycles. The van der Waals surface area contributed by atoms with Crippen molar-refractivity contribution in [3.63, 3.8) is 0 Å². The molecule has 5 nitrogen and oxygen atoms in total. The van der Waals surface area contributed by atoms with Crippen molar-refractivity contribution in [2.75, 3.05) is 0 Å². The van der Waals surface area contributed by atoms with Crippen LogP contribution in [0.4, 0.5) is 4.79 Å². The molecular formula is C15H21N3O2. The molecule has 0 saturated carbocycles. The fourth-order valence-electron chi connectivity index (χ4n) is 2.48. The highest BCUT2D eigenvalue weighted by Gasteiger charge is 2.14. The van der Waals surface area contributed by atoms with Crippen molar-refractivity contribution in [3.05, 3.63) is 32.8 Å². The number of allylic oxidation sites excluding steroid dienone is 2. The SMILES string of the molecule is CCCCn1c2c(n(C(N)=O)c1=O)=CCC=C(CC)C=2. The number of carbonyl (C=O) groups is 1. The molecule has 20 heavy (non-hydrogen) atoms. The standard InChI is InChI=1S/C15H21N3O2/c1-3-5-9-17-13-10-11(4-2)7-6-8-12(13)18(14(16)19)15(17)20/h7-8,10H,3-6,9H2,1-2H3,(H2,16,19). The molecule has 0 bridgehead atoms. The van der Waals surface area contributed by atoms with E-state index in [0.717, 1.165) is 29.2 Å². The van der Waals surface area contributed by atoms with Gasteiger partial charge in [-0.25, -0.2) is 14.2 Å². The van der Waals surface area contributed by atoms with Crippen molar-refractivity contribution in [3.8, 4) is 0 Å². The topological polar surface area (TPSA) is 70.0 Å². The predicted octanol–water partition coefficient (Wildman–Crippen LogP) is 0.678. The van der Waals surface area contributed by atoms with Crippen LogP contribution in [0.1, 0.15) is 39.5 Å². The van der Waals surface area contributed by atoms with Gasteiger partial charge in [-0.15, -0.1) is 0 Å². The fraction of sp³-hybridized carbons (Fsp3) is 0.467. The molecule has 1 heterocycles. The fourth-order valence-corrected chi connectivity index (χ4v) is 2.48. The van der Waals surface area contributed by atoms with Gasteiger partial charge in [0.1, 0.15) is 0 Å². The molecule has 0 aliphatic heterocycles. The Labute approximate surface area is 117 Å². The molecule has 0 atom stereocenters. The van der Waals surface area contributed by atoms with Gasteiger partial charge in [-0.05, 0) is 30.9 Å². The van der Waals surface area contributed by atoms with Gasteiger partial charge in [0, 0.05) is 6.54 Å². The van der Waals surface area contributed by atoms with Gasteiger partial charge in [0.25, 0.3) is 0 Å². The highest BCUT2D eigenvalue weighted by Crippen LogP contribution is 2.05. The van der Waals surface area contributed by atoms with Gasteiger partial charge in [-0.2, -0.15) is 0 Å². The first kappa shape index (κ1) is 14.4. The number of primary amides is 1. The Hall–Kier alpha value is -2.04. The van der Waals surface area contributed by atoms with Gasteiger partial charge < -0.3 is 5.73 Å². The van der Waals surface area contributed by atoms with Crippen LogP contribution in [-0.4, -0.2) is 15.2 Å². The maximum absolute atomic E-state index is 12.4. The predicted molar refractivity (Wildman–Crippen MR) is 79.8 cm³/mol. The number of hydrogen-bond acceptors (Lipinski definition) is 2. The summed E-state index contributed by atoms with van der Waals surface area (Å²) in [6.45, 7) is 4.76. The van der Waals surface area contributed by atoms with Crippen molar-refractivity contribution in [2.24, 2.45) is 5.73 Å². The second-order valence-electron chi connectivity index (χ2n) is 4.95. The second kappa shape index (κ2) is 5.94. The summed E-state index contributed by atoms with van der Waals surface area (Å²) in [6.07, 6.45) is 9.49. The van der Waals surface area contributed by atoms with Crippen LogP contribution in [-0.2, 0) is 6.54 Å². The minimum Gasteiger partial charge on any atom is -0.351 e. The molecule has 1 aliphatic carbocycles. The summed E-state index contributed by atoms with van der Waals surface area (Å²) in [7, 11) is 0. The highest BCUT2D eigenvalue weighted by atomic mass is 16.2. The van der Waals surface area contributed by atoms with Gasteiger partial charge in [0.05, 0.1) is 10.7 Å². The normalized spacial score (nSPS) is 13.8. The molecule has 0 fully saturated rings. The maximum Gasteiger partial charge on any atom is 0.337 e. The van der Waals surface area contributed by atoms with Crippen LogP contribution in [0.15, 0.2) is 16.4 Å². The Kier molecular flexibility index (Phi) is 4.27. The van der Waals surface area contributed by atoms with Crippen molar-refractivity contribution < 1.29 is 4.79 Å². The number of rotatable bonds is 4. The van der Waals surface area contributed by atoms with E-state index in [-0.39, 0.29) is 5.69 Å². The molecule has 2 N–H and O–H groups in total. The van der Waals surface area contributed by atoms with Crippen molar-refractivity contribution >= 4 is 18.2 Å². The summed E-state index contributed by atoms with van der Waals surface area (Å²) in [4.78, 5) is 23.9. The molecular weight excluding hydrogens is 254 g/mol. The summed E-state index contributed by atoms with van der Waals surface area (Å²) in [5, 5.41) is 1.42. The zero-order valence-corrected chi connectivity index (χ0v) is 12.1. The van der Waals surface area contributed by atoms with E-state index in [0.29, 0.717) is 18.3 Å². The smallest absolute Gasteiger partial charge is 0.337 e. The van der Waals surface area contributed by atoms with E-state index in [1.807, 2.05) is 12.2 Å². The summed E-state index contributed by atoms with van der Waals surface area (Å²) in [6, 6.07) is -0.717. The van der Waals surface area contributed by atoms with Gasteiger partial charge >= 0.3 is 11.7 Å². The van der Waals surface area contributed by atoms with Crippen LogP contribution in [0.2, 0.25) is 0 Å². The van der Waals surface area contributed by atoms with Gasteiger partial charge in [0.15, 0.2) is 0 Å². The number of nitrogens with two attached hydrogens (primary N) is 1. The molecule has 1 aromatic heterocycles. The number of unbranched alkanes of at least 4 members (excludes halogenated alkanes) is 1. The molecule has 0 unspecified atom stereocenters. The lowest BCUT2D eigenvalue weighted by molar-refractivity contribution is 0.249. The van der Waals surface area contributed by atoms with Gasteiger partial charge in [-0.3, -0.25) is 4.57 Å². The summed E-state index contributed by atoms with van der Waals surface area (Å²) >= 11 is 0. The average Bonchev–Trinajstić information content (AvgIpc) is 2.57. The van der Waals surface area contributed by atoms with E-state index in [2.05, 4.69) is 19.9 Å². The van der Waals surface area contributed by atoms with Crippen LogP contribution < -0.4 is 22.1 Å². The Balaban J connectivity index is 2.77. The molecule has 0 aromatic carbocycles. The van der Waals surface area contributed by atoms with E-state index >= 15 is 0 Å². The van der Waals surface area contributed by atoms with Gasteiger partial charge in [0.2, 0.25) is 0 Å². The first-order chi connectivity index (χ1) is 9.60. The zero-order chi connectivity index (χ0) is 14.7. The van der Waals surface area contributed by atoms with Crippen LogP contribution in [0.5, 0.6) is 0 Å². The molecule has 1 aromatic rings. The molecule has 5 heteroatoms. The molecule has 0 radical (unpaired) electrons. The molecule has 2 rings (SSSR count). The number of nitrogens with zero attached hydrogens (tertiary/aromatic N) is 2. The van der Waals surface area contributed by atoms with E-state index in [1.54, 1.807) is 4.57 Å². The van der Waals surface area contributed by atoms with Crippen molar-refractivity contribution in [2.45, 2.75) is 46.1 Å². The third kappa shape index (κ3) is 2.48. The number of carbonyl (C=O) groups excluding carboxylic acids is 1. The Bertz CT molecular complexity index is 720. The number of hydrogen-bond donors (Lipinski definition) is 1. The summed E-state index contributed by atoms with van der Waals surface area (Å²) in [5.41, 5.74) is 6.20. The lowest BCUT2D eigenvalue weighted by Gasteiger charge is -2.01. The highest BCUT2D eigenvalue weighted by molar-refractivity contribution is 5.75. The Morgan fingerprint density at radius 1 is 1.30 bits per heavy atom. The van der Waals surface area contributed by atoms with Crippen LogP contribution in [0.3, 0.4) is 0 Å². The van der Waals surface area contributed by atoms with Crippen LogP contribution in [0, 0.1) is 0 Å². The molecule has 0 spiro atoms. The first-order valence-corrected chi connectivity index (χ1v) is 7.12. The monoisotopic (exact) mass is 275 g/mol. The Morgan fingerprint density at radius 2 is 2.05 bits per heavy atom. The molecule has 108 valence electrons. The minimum atomic E-state index is -0.717. The van der Waals surface area contributed by atoms with E-state index in [9.17, 15) is 9.59 Å². The van der Waals surface area contributed by atoms with Crippen LogP contribution >= 0.6 is 0 Å². The lowest BCUT2D eigenvalue weighted by atomic mass is 10.2. The Morgan fingerprint density at radius 3 is 2.65 bits per heavy atom. The third-order valence-corrected chi connectivity index (χ3v) is 3.59. The average molecular weight is 275 g/mol. The van der Waals surface area contributed by atoms with Crippen molar-refractivity contribution in [1.82, 2.24) is 9.13 Å². The first-order valence-electron chi connectivity index (χ1n) is 7.12. The van der Waals surface area contributed by atoms with E-state index in [4.69, 9.17) is 5.73 Å². The quantitative estimate of drug-likeness (QED) is 0.877. The summed E-state index contributed by atoms with van der Waals surface area (Å²) in [5.74, 6) is 0. The molecule has 1 aliphatic rings. The second-order valence-corrected chi connectivity index (χ2v) is 4.95. The van der Waals surface area contributed by atoms with E-state index in [1.165, 1.54) is 5.57 Å². The van der Waals surface area contributed by atoms with Crippen molar-refractivity contribution in [1.29, 1.82) is 0 Å². The number of imidazole rings is 1. The minimum absolute atomic E-state index is 0.333. The third-order valence-electron chi connectivity index (χ3n) is 3.59. The maximum atomic E-state index is 12.4. The number of amides is 1. The van der Waals surface area contributed by atoms with E-state index < -0.39 is 6.03 Å². The molecule has 1 amide bonds. The van der Waals surface area contributed by atoms with Crippen LogP contribution in [0.25, 0.3) is 12.2 Å². The number of fused-ring (bicyclic) bond motifs is 1. The number of aromatic nitrogens is 2. The van der Waals surface area contributed by atoms with Gasteiger partial charge in [-0.1, -0.05) is 32.4 Å².